The molecule has 2 fully saturated rings. The molecule has 0 unspecified atom stereocenters. The minimum absolute atomic E-state index is 0.191. The molecule has 1 N–H and O–H groups in total. The zero-order valence-corrected chi connectivity index (χ0v) is 12.9. The third-order valence-electron chi connectivity index (χ3n) is 4.54. The number of carbonyl (C=O) groups excluding carboxylic acids is 1. The quantitative estimate of drug-likeness (QED) is 0.728. The summed E-state index contributed by atoms with van der Waals surface area (Å²) in [6.45, 7) is 6.79. The van der Waals surface area contributed by atoms with Gasteiger partial charge < -0.3 is 10.1 Å². The maximum absolute atomic E-state index is 11.8. The Labute approximate surface area is 123 Å². The normalized spacial score (nSPS) is 24.9. The smallest absolute Gasteiger partial charge is 0.234 e. The van der Waals surface area contributed by atoms with Gasteiger partial charge >= 0.3 is 0 Å². The topological polar surface area (TPSA) is 41.6 Å². The zero-order chi connectivity index (χ0) is 14.2. The van der Waals surface area contributed by atoms with Crippen molar-refractivity contribution in [3.05, 3.63) is 0 Å². The van der Waals surface area contributed by atoms with Gasteiger partial charge in [0.05, 0.1) is 12.6 Å². The number of nitrogens with zero attached hydrogens (tertiary/aromatic N) is 1. The van der Waals surface area contributed by atoms with Crippen LogP contribution in [0.2, 0.25) is 0 Å². The number of rotatable bonds is 7. The Kier molecular flexibility index (Phi) is 6.80. The third-order valence-corrected chi connectivity index (χ3v) is 4.54. The van der Waals surface area contributed by atoms with Crippen molar-refractivity contribution in [2.45, 2.75) is 58.0 Å². The molecule has 4 heteroatoms. The van der Waals surface area contributed by atoms with E-state index in [1.165, 1.54) is 25.7 Å². The molecule has 0 radical (unpaired) electrons. The van der Waals surface area contributed by atoms with Gasteiger partial charge in [0.25, 0.3) is 0 Å². The second kappa shape index (κ2) is 8.63. The molecule has 0 aromatic carbocycles. The average Bonchev–Trinajstić information content (AvgIpc) is 2.94. The van der Waals surface area contributed by atoms with E-state index >= 15 is 0 Å². The van der Waals surface area contributed by atoms with Crippen LogP contribution in [-0.4, -0.2) is 49.7 Å². The highest BCUT2D eigenvalue weighted by Gasteiger charge is 2.18. The van der Waals surface area contributed by atoms with Crippen molar-refractivity contribution >= 4 is 5.91 Å². The first-order valence-electron chi connectivity index (χ1n) is 8.34. The summed E-state index contributed by atoms with van der Waals surface area (Å²) in [5.74, 6) is 1.02. The molecule has 0 aromatic rings. The number of carbonyl (C=O) groups is 1. The van der Waals surface area contributed by atoms with Gasteiger partial charge in [-0.1, -0.05) is 6.92 Å². The maximum Gasteiger partial charge on any atom is 0.234 e. The van der Waals surface area contributed by atoms with Crippen LogP contribution >= 0.6 is 0 Å². The van der Waals surface area contributed by atoms with Gasteiger partial charge in [-0.05, 0) is 64.0 Å². The van der Waals surface area contributed by atoms with Crippen molar-refractivity contribution in [3.63, 3.8) is 0 Å². The average molecular weight is 282 g/mol. The first-order chi connectivity index (χ1) is 9.74. The molecule has 0 aromatic heterocycles. The van der Waals surface area contributed by atoms with Crippen LogP contribution in [0.5, 0.6) is 0 Å². The van der Waals surface area contributed by atoms with Crippen LogP contribution in [0.4, 0.5) is 0 Å². The van der Waals surface area contributed by atoms with Crippen molar-refractivity contribution in [3.8, 4) is 0 Å². The van der Waals surface area contributed by atoms with E-state index in [0.717, 1.165) is 51.4 Å². The predicted octanol–water partition coefficient (Wildman–Crippen LogP) is 2.18. The molecular formula is C16H30N2O2. The van der Waals surface area contributed by atoms with Crippen LogP contribution in [0.25, 0.3) is 0 Å². The molecule has 2 aliphatic heterocycles. The summed E-state index contributed by atoms with van der Waals surface area (Å²) in [7, 11) is 0. The first kappa shape index (κ1) is 15.8. The number of hydrogen-bond acceptors (Lipinski definition) is 3. The van der Waals surface area contributed by atoms with E-state index in [4.69, 9.17) is 4.74 Å². The molecule has 0 bridgehead atoms. The first-order valence-corrected chi connectivity index (χ1v) is 8.34. The highest BCUT2D eigenvalue weighted by atomic mass is 16.5. The van der Waals surface area contributed by atoms with E-state index < -0.39 is 0 Å². The van der Waals surface area contributed by atoms with Gasteiger partial charge in [-0.25, -0.2) is 0 Å². The van der Waals surface area contributed by atoms with E-state index in [9.17, 15) is 4.79 Å². The van der Waals surface area contributed by atoms with Gasteiger partial charge in [-0.2, -0.15) is 0 Å². The number of amides is 1. The molecule has 2 saturated heterocycles. The Morgan fingerprint density at radius 1 is 1.25 bits per heavy atom. The molecule has 1 atom stereocenters. The van der Waals surface area contributed by atoms with Gasteiger partial charge in [0.1, 0.15) is 0 Å². The maximum atomic E-state index is 11.8. The number of piperidine rings is 1. The fourth-order valence-electron chi connectivity index (χ4n) is 3.08. The number of hydrogen-bond donors (Lipinski definition) is 1. The lowest BCUT2D eigenvalue weighted by Crippen LogP contribution is -2.41. The van der Waals surface area contributed by atoms with Crippen molar-refractivity contribution in [1.82, 2.24) is 10.2 Å². The van der Waals surface area contributed by atoms with Crippen LogP contribution in [0.3, 0.4) is 0 Å². The lowest BCUT2D eigenvalue weighted by Gasteiger charge is -2.29. The number of nitrogens with one attached hydrogen (secondary N) is 1. The summed E-state index contributed by atoms with van der Waals surface area (Å²) >= 11 is 0. The van der Waals surface area contributed by atoms with E-state index in [1.54, 1.807) is 0 Å². The summed E-state index contributed by atoms with van der Waals surface area (Å²) in [6.07, 6.45) is 8.77. The number of unbranched alkanes of at least 4 members (excludes halogenated alkanes) is 1. The summed E-state index contributed by atoms with van der Waals surface area (Å²) in [4.78, 5) is 14.1. The van der Waals surface area contributed by atoms with E-state index in [-0.39, 0.29) is 5.91 Å². The van der Waals surface area contributed by atoms with E-state index in [0.29, 0.717) is 12.6 Å². The van der Waals surface area contributed by atoms with Crippen LogP contribution in [0, 0.1) is 5.92 Å². The Hall–Kier alpha value is -0.610. The van der Waals surface area contributed by atoms with Gasteiger partial charge in [-0.3, -0.25) is 9.69 Å². The summed E-state index contributed by atoms with van der Waals surface area (Å²) in [5.41, 5.74) is 0. The minimum atomic E-state index is 0.191. The molecule has 0 spiro atoms. The Morgan fingerprint density at radius 3 is 2.75 bits per heavy atom. The van der Waals surface area contributed by atoms with Crippen molar-refractivity contribution in [2.24, 2.45) is 5.92 Å². The summed E-state index contributed by atoms with van der Waals surface area (Å²) in [6, 6.07) is 0. The third kappa shape index (κ3) is 5.80. The number of likely N-dealkylation sites (tertiary alicyclic amines) is 1. The van der Waals surface area contributed by atoms with Crippen LogP contribution in [-0.2, 0) is 9.53 Å². The standard InChI is InChI=1S/C16H30N2O2/c1-14-7-10-18(11-8-14)13-16(19)17-9-3-2-5-15-6-4-12-20-15/h14-15H,2-13H2,1H3,(H,17,19)/t15-/m0/s1. The minimum Gasteiger partial charge on any atom is -0.378 e. The van der Waals surface area contributed by atoms with Crippen molar-refractivity contribution in [2.75, 3.05) is 32.8 Å². The van der Waals surface area contributed by atoms with E-state index in [2.05, 4.69) is 17.1 Å². The van der Waals surface area contributed by atoms with Crippen molar-refractivity contribution in [1.29, 1.82) is 0 Å². The van der Waals surface area contributed by atoms with Gasteiger partial charge in [0, 0.05) is 13.2 Å². The molecule has 2 aliphatic rings. The Balaban J connectivity index is 1.45. The Morgan fingerprint density at radius 2 is 2.05 bits per heavy atom. The van der Waals surface area contributed by atoms with Gasteiger partial charge in [0.2, 0.25) is 5.91 Å². The summed E-state index contributed by atoms with van der Waals surface area (Å²) in [5, 5.41) is 3.05. The lowest BCUT2D eigenvalue weighted by atomic mass is 9.99. The molecule has 2 rings (SSSR count). The summed E-state index contributed by atoms with van der Waals surface area (Å²) < 4.78 is 5.60. The number of ether oxygens (including phenoxy) is 1. The van der Waals surface area contributed by atoms with Crippen LogP contribution < -0.4 is 5.32 Å². The Bertz CT molecular complexity index is 282. The molecule has 1 amide bonds. The zero-order valence-electron chi connectivity index (χ0n) is 12.9. The predicted molar refractivity (Wildman–Crippen MR) is 80.7 cm³/mol. The van der Waals surface area contributed by atoms with Crippen LogP contribution in [0.15, 0.2) is 0 Å². The molecular weight excluding hydrogens is 252 g/mol. The fraction of sp³-hybridized carbons (Fsp3) is 0.938. The highest BCUT2D eigenvalue weighted by Crippen LogP contribution is 2.17. The molecule has 116 valence electrons. The molecule has 20 heavy (non-hydrogen) atoms. The van der Waals surface area contributed by atoms with Crippen molar-refractivity contribution < 1.29 is 9.53 Å². The fourth-order valence-corrected chi connectivity index (χ4v) is 3.08. The monoisotopic (exact) mass is 282 g/mol. The SMILES string of the molecule is CC1CCN(CC(=O)NCCCC[C@H]2CCCO2)CC1. The molecule has 0 saturated carbocycles. The molecule has 2 heterocycles. The van der Waals surface area contributed by atoms with E-state index in [1.807, 2.05) is 0 Å². The molecule has 0 aliphatic carbocycles. The second-order valence-electron chi connectivity index (χ2n) is 6.44. The highest BCUT2D eigenvalue weighted by molar-refractivity contribution is 5.77. The second-order valence-corrected chi connectivity index (χ2v) is 6.44. The lowest BCUT2D eigenvalue weighted by molar-refractivity contribution is -0.122. The molecule has 4 nitrogen and oxygen atoms in total. The van der Waals surface area contributed by atoms with Gasteiger partial charge in [0.15, 0.2) is 0 Å². The largest absolute Gasteiger partial charge is 0.378 e. The van der Waals surface area contributed by atoms with Gasteiger partial charge in [-0.15, -0.1) is 0 Å². The van der Waals surface area contributed by atoms with Crippen LogP contribution in [0.1, 0.15) is 51.9 Å².